The summed E-state index contributed by atoms with van der Waals surface area (Å²) in [6.07, 6.45) is 0. The Kier molecular flexibility index (Phi) is 4.17. The molecular formula is C12H18BrNO. The summed E-state index contributed by atoms with van der Waals surface area (Å²) < 4.78 is 0.948. The van der Waals surface area contributed by atoms with E-state index in [9.17, 15) is 5.11 Å². The van der Waals surface area contributed by atoms with Crippen molar-refractivity contribution >= 4 is 21.6 Å². The molecule has 1 aromatic rings. The highest BCUT2D eigenvalue weighted by Crippen LogP contribution is 2.25. The number of benzene rings is 1. The van der Waals surface area contributed by atoms with E-state index < -0.39 is 0 Å². The van der Waals surface area contributed by atoms with Gasteiger partial charge < -0.3 is 10.4 Å². The number of anilines is 1. The van der Waals surface area contributed by atoms with Crippen molar-refractivity contribution in [2.75, 3.05) is 11.9 Å². The van der Waals surface area contributed by atoms with Gasteiger partial charge in [-0.25, -0.2) is 0 Å². The van der Waals surface area contributed by atoms with Crippen LogP contribution in [-0.2, 0) is 6.61 Å². The Morgan fingerprint density at radius 3 is 2.53 bits per heavy atom. The lowest BCUT2D eigenvalue weighted by molar-refractivity contribution is 0.281. The number of aliphatic hydroxyl groups excluding tert-OH is 1. The molecule has 0 radical (unpaired) electrons. The van der Waals surface area contributed by atoms with Crippen LogP contribution >= 0.6 is 15.9 Å². The van der Waals surface area contributed by atoms with Crippen LogP contribution in [0.1, 0.15) is 26.3 Å². The fraction of sp³-hybridized carbons (Fsp3) is 0.500. The molecule has 2 N–H and O–H groups in total. The molecule has 2 nitrogen and oxygen atoms in total. The molecule has 0 unspecified atom stereocenters. The fourth-order valence-corrected chi connectivity index (χ4v) is 1.74. The van der Waals surface area contributed by atoms with Crippen LogP contribution in [0.2, 0.25) is 0 Å². The van der Waals surface area contributed by atoms with Crippen molar-refractivity contribution in [3.63, 3.8) is 0 Å². The van der Waals surface area contributed by atoms with Crippen LogP contribution in [0.25, 0.3) is 0 Å². The zero-order valence-corrected chi connectivity index (χ0v) is 11.1. The van der Waals surface area contributed by atoms with E-state index in [0.717, 1.165) is 22.3 Å². The van der Waals surface area contributed by atoms with Gasteiger partial charge in [-0.15, -0.1) is 0 Å². The summed E-state index contributed by atoms with van der Waals surface area (Å²) in [5, 5.41) is 12.6. The molecule has 0 saturated carbocycles. The molecule has 0 atom stereocenters. The third-order valence-corrected chi connectivity index (χ3v) is 2.83. The molecule has 15 heavy (non-hydrogen) atoms. The van der Waals surface area contributed by atoms with Gasteiger partial charge in [-0.3, -0.25) is 0 Å². The summed E-state index contributed by atoms with van der Waals surface area (Å²) in [6.45, 7) is 7.47. The van der Waals surface area contributed by atoms with Crippen molar-refractivity contribution in [1.29, 1.82) is 0 Å². The van der Waals surface area contributed by atoms with Crippen LogP contribution in [0.4, 0.5) is 5.69 Å². The highest BCUT2D eigenvalue weighted by molar-refractivity contribution is 9.10. The van der Waals surface area contributed by atoms with Gasteiger partial charge in [-0.1, -0.05) is 42.8 Å². The Balaban J connectivity index is 2.81. The molecular weight excluding hydrogens is 254 g/mol. The molecule has 0 heterocycles. The first-order valence-corrected chi connectivity index (χ1v) is 5.85. The van der Waals surface area contributed by atoms with Gasteiger partial charge in [0.2, 0.25) is 0 Å². The number of rotatable bonds is 3. The second-order valence-corrected chi connectivity index (χ2v) is 5.69. The first kappa shape index (κ1) is 12.5. The van der Waals surface area contributed by atoms with Gasteiger partial charge in [0.15, 0.2) is 0 Å². The number of nitrogens with one attached hydrogen (secondary N) is 1. The second kappa shape index (κ2) is 4.99. The van der Waals surface area contributed by atoms with E-state index in [-0.39, 0.29) is 12.0 Å². The maximum Gasteiger partial charge on any atom is 0.0713 e. The van der Waals surface area contributed by atoms with Gasteiger partial charge in [0.05, 0.1) is 6.61 Å². The molecule has 0 spiro atoms. The Labute approximate surface area is 99.8 Å². The van der Waals surface area contributed by atoms with Crippen LogP contribution in [0.5, 0.6) is 0 Å². The average Bonchev–Trinajstić information content (AvgIpc) is 2.13. The molecule has 0 aliphatic heterocycles. The van der Waals surface area contributed by atoms with Gasteiger partial charge in [0, 0.05) is 22.3 Å². The predicted octanol–water partition coefficient (Wildman–Crippen LogP) is 3.40. The van der Waals surface area contributed by atoms with Crippen LogP contribution in [0.15, 0.2) is 22.7 Å². The van der Waals surface area contributed by atoms with Crippen molar-refractivity contribution in [1.82, 2.24) is 0 Å². The van der Waals surface area contributed by atoms with E-state index in [0.29, 0.717) is 0 Å². The Morgan fingerprint density at radius 2 is 2.00 bits per heavy atom. The van der Waals surface area contributed by atoms with Gasteiger partial charge in [0.25, 0.3) is 0 Å². The fourth-order valence-electron chi connectivity index (χ4n) is 1.25. The van der Waals surface area contributed by atoms with E-state index >= 15 is 0 Å². The van der Waals surface area contributed by atoms with E-state index in [2.05, 4.69) is 42.0 Å². The third-order valence-electron chi connectivity index (χ3n) is 2.09. The first-order chi connectivity index (χ1) is 6.94. The van der Waals surface area contributed by atoms with Crippen molar-refractivity contribution in [2.45, 2.75) is 27.4 Å². The molecule has 0 fully saturated rings. The van der Waals surface area contributed by atoms with Crippen LogP contribution in [0, 0.1) is 5.41 Å². The molecule has 0 saturated heterocycles. The first-order valence-electron chi connectivity index (χ1n) is 5.06. The monoisotopic (exact) mass is 271 g/mol. The highest BCUT2D eigenvalue weighted by atomic mass is 79.9. The Hall–Kier alpha value is -0.540. The minimum absolute atomic E-state index is 0.0495. The predicted molar refractivity (Wildman–Crippen MR) is 68.0 cm³/mol. The quantitative estimate of drug-likeness (QED) is 0.883. The molecule has 0 amide bonds. The average molecular weight is 272 g/mol. The molecule has 1 rings (SSSR count). The summed E-state index contributed by atoms with van der Waals surface area (Å²) in [4.78, 5) is 0. The molecule has 3 heteroatoms. The molecule has 1 aromatic carbocycles. The topological polar surface area (TPSA) is 32.3 Å². The standard InChI is InChI=1S/C12H18BrNO/c1-12(2,3)8-14-11-6-4-5-10(13)9(11)7-15/h4-6,14-15H,7-8H2,1-3H3. The van der Waals surface area contributed by atoms with Crippen LogP contribution in [-0.4, -0.2) is 11.7 Å². The minimum Gasteiger partial charge on any atom is -0.392 e. The van der Waals surface area contributed by atoms with Gasteiger partial charge in [0.1, 0.15) is 0 Å². The van der Waals surface area contributed by atoms with Crippen molar-refractivity contribution in [3.8, 4) is 0 Å². The Morgan fingerprint density at radius 1 is 1.33 bits per heavy atom. The van der Waals surface area contributed by atoms with Crippen molar-refractivity contribution in [3.05, 3.63) is 28.2 Å². The number of hydrogen-bond donors (Lipinski definition) is 2. The summed E-state index contributed by atoms with van der Waals surface area (Å²) in [6, 6.07) is 5.89. The van der Waals surface area contributed by atoms with Gasteiger partial charge in [-0.2, -0.15) is 0 Å². The van der Waals surface area contributed by atoms with Crippen molar-refractivity contribution in [2.24, 2.45) is 5.41 Å². The number of aliphatic hydroxyl groups is 1. The van der Waals surface area contributed by atoms with E-state index in [1.54, 1.807) is 0 Å². The van der Waals surface area contributed by atoms with E-state index in [1.807, 2.05) is 18.2 Å². The number of halogens is 1. The molecule has 0 aliphatic rings. The van der Waals surface area contributed by atoms with Crippen LogP contribution in [0.3, 0.4) is 0 Å². The zero-order chi connectivity index (χ0) is 11.5. The molecule has 0 bridgehead atoms. The SMILES string of the molecule is CC(C)(C)CNc1cccc(Br)c1CO. The lowest BCUT2D eigenvalue weighted by Crippen LogP contribution is -2.19. The summed E-state index contributed by atoms with van der Waals surface area (Å²) in [5.74, 6) is 0. The smallest absolute Gasteiger partial charge is 0.0713 e. The number of hydrogen-bond acceptors (Lipinski definition) is 2. The minimum atomic E-state index is 0.0495. The largest absolute Gasteiger partial charge is 0.392 e. The molecule has 0 aliphatic carbocycles. The van der Waals surface area contributed by atoms with E-state index in [1.165, 1.54) is 0 Å². The normalized spacial score (nSPS) is 11.5. The van der Waals surface area contributed by atoms with E-state index in [4.69, 9.17) is 0 Å². The van der Waals surface area contributed by atoms with Gasteiger partial charge >= 0.3 is 0 Å². The summed E-state index contributed by atoms with van der Waals surface area (Å²) >= 11 is 3.43. The zero-order valence-electron chi connectivity index (χ0n) is 9.47. The lowest BCUT2D eigenvalue weighted by Gasteiger charge is -2.21. The van der Waals surface area contributed by atoms with Crippen molar-refractivity contribution < 1.29 is 5.11 Å². The maximum atomic E-state index is 9.26. The summed E-state index contributed by atoms with van der Waals surface area (Å²) in [7, 11) is 0. The maximum absolute atomic E-state index is 9.26. The van der Waals surface area contributed by atoms with Gasteiger partial charge in [-0.05, 0) is 17.5 Å². The highest BCUT2D eigenvalue weighted by Gasteiger charge is 2.11. The van der Waals surface area contributed by atoms with Crippen LogP contribution < -0.4 is 5.32 Å². The Bertz CT molecular complexity index is 331. The third kappa shape index (κ3) is 3.84. The molecule has 84 valence electrons. The second-order valence-electron chi connectivity index (χ2n) is 4.84. The molecule has 0 aromatic heterocycles. The lowest BCUT2D eigenvalue weighted by atomic mass is 9.96. The summed E-state index contributed by atoms with van der Waals surface area (Å²) in [5.41, 5.74) is 2.15.